The standard InChI is InChI=1S/C14H22N4O3/c15-13(11-1-4-21-10-11)9-18-14(19)7-12(8-16-18)17-2-5-20-6-3-17/h7-8,11,13H,1-6,9-10,15H2. The first-order valence-electron chi connectivity index (χ1n) is 7.47. The highest BCUT2D eigenvalue weighted by Gasteiger charge is 2.23. The lowest BCUT2D eigenvalue weighted by Gasteiger charge is -2.28. The molecule has 2 aliphatic rings. The minimum Gasteiger partial charge on any atom is -0.381 e. The van der Waals surface area contributed by atoms with Gasteiger partial charge in [0.25, 0.3) is 5.56 Å². The third-order valence-electron chi connectivity index (χ3n) is 4.19. The molecule has 2 fully saturated rings. The molecule has 0 bridgehead atoms. The van der Waals surface area contributed by atoms with Crippen molar-refractivity contribution in [1.29, 1.82) is 0 Å². The van der Waals surface area contributed by atoms with E-state index in [0.717, 1.165) is 31.8 Å². The first-order valence-corrected chi connectivity index (χ1v) is 7.47. The van der Waals surface area contributed by atoms with Gasteiger partial charge in [-0.3, -0.25) is 4.79 Å². The maximum Gasteiger partial charge on any atom is 0.268 e. The lowest BCUT2D eigenvalue weighted by atomic mass is 10.0. The molecule has 21 heavy (non-hydrogen) atoms. The molecule has 116 valence electrons. The highest BCUT2D eigenvalue weighted by atomic mass is 16.5. The molecule has 0 saturated carbocycles. The van der Waals surface area contributed by atoms with Gasteiger partial charge < -0.3 is 20.1 Å². The molecule has 1 aromatic rings. The summed E-state index contributed by atoms with van der Waals surface area (Å²) in [6.07, 6.45) is 2.70. The van der Waals surface area contributed by atoms with E-state index in [-0.39, 0.29) is 11.6 Å². The summed E-state index contributed by atoms with van der Waals surface area (Å²) >= 11 is 0. The third kappa shape index (κ3) is 3.42. The fourth-order valence-corrected chi connectivity index (χ4v) is 2.79. The SMILES string of the molecule is NC(Cn1ncc(N2CCOCC2)cc1=O)C1CCOC1. The van der Waals surface area contributed by atoms with E-state index < -0.39 is 0 Å². The van der Waals surface area contributed by atoms with Crippen LogP contribution in [0.4, 0.5) is 5.69 Å². The molecule has 7 heteroatoms. The van der Waals surface area contributed by atoms with Gasteiger partial charge >= 0.3 is 0 Å². The van der Waals surface area contributed by atoms with Gasteiger partial charge in [0.15, 0.2) is 0 Å². The molecule has 1 aromatic heterocycles. The van der Waals surface area contributed by atoms with Crippen LogP contribution >= 0.6 is 0 Å². The van der Waals surface area contributed by atoms with Crippen LogP contribution < -0.4 is 16.2 Å². The van der Waals surface area contributed by atoms with Crippen LogP contribution in [0, 0.1) is 5.92 Å². The van der Waals surface area contributed by atoms with Gasteiger partial charge in [-0.15, -0.1) is 0 Å². The highest BCUT2D eigenvalue weighted by molar-refractivity contribution is 5.43. The van der Waals surface area contributed by atoms with E-state index in [0.29, 0.717) is 32.3 Å². The molecule has 3 heterocycles. The second kappa shape index (κ2) is 6.55. The van der Waals surface area contributed by atoms with Gasteiger partial charge in [-0.2, -0.15) is 5.10 Å². The van der Waals surface area contributed by atoms with Crippen molar-refractivity contribution in [3.63, 3.8) is 0 Å². The van der Waals surface area contributed by atoms with Gasteiger partial charge in [0, 0.05) is 37.7 Å². The number of hydrogen-bond acceptors (Lipinski definition) is 6. The second-order valence-electron chi connectivity index (χ2n) is 5.62. The second-order valence-corrected chi connectivity index (χ2v) is 5.62. The number of nitrogens with two attached hydrogens (primary N) is 1. The van der Waals surface area contributed by atoms with Gasteiger partial charge in [0.05, 0.1) is 38.2 Å². The Labute approximate surface area is 123 Å². The summed E-state index contributed by atoms with van der Waals surface area (Å²) in [5.74, 6) is 0.317. The summed E-state index contributed by atoms with van der Waals surface area (Å²) in [6.45, 7) is 4.86. The molecule has 7 nitrogen and oxygen atoms in total. The first-order chi connectivity index (χ1) is 10.2. The van der Waals surface area contributed by atoms with Crippen molar-refractivity contribution in [3.8, 4) is 0 Å². The first kappa shape index (κ1) is 14.5. The molecule has 2 saturated heterocycles. The van der Waals surface area contributed by atoms with Crippen LogP contribution in [0.5, 0.6) is 0 Å². The summed E-state index contributed by atoms with van der Waals surface area (Å²) in [4.78, 5) is 14.3. The quantitative estimate of drug-likeness (QED) is 0.802. The number of aromatic nitrogens is 2. The maximum absolute atomic E-state index is 12.2. The lowest BCUT2D eigenvalue weighted by molar-refractivity contribution is 0.122. The Bertz CT molecular complexity index is 521. The lowest BCUT2D eigenvalue weighted by Crippen LogP contribution is -2.40. The zero-order valence-corrected chi connectivity index (χ0v) is 12.1. The number of morpholine rings is 1. The van der Waals surface area contributed by atoms with Crippen molar-refractivity contribution in [2.45, 2.75) is 19.0 Å². The van der Waals surface area contributed by atoms with Crippen molar-refractivity contribution in [2.75, 3.05) is 44.4 Å². The smallest absolute Gasteiger partial charge is 0.268 e. The van der Waals surface area contributed by atoms with E-state index in [1.807, 2.05) is 0 Å². The number of ether oxygens (including phenoxy) is 2. The van der Waals surface area contributed by atoms with Gasteiger partial charge in [-0.25, -0.2) is 4.68 Å². The van der Waals surface area contributed by atoms with E-state index in [2.05, 4.69) is 10.00 Å². The maximum atomic E-state index is 12.2. The summed E-state index contributed by atoms with van der Waals surface area (Å²) in [5, 5.41) is 4.27. The van der Waals surface area contributed by atoms with Crippen molar-refractivity contribution in [1.82, 2.24) is 9.78 Å². The van der Waals surface area contributed by atoms with E-state index in [1.165, 1.54) is 4.68 Å². The fraction of sp³-hybridized carbons (Fsp3) is 0.714. The molecule has 2 unspecified atom stereocenters. The van der Waals surface area contributed by atoms with Crippen molar-refractivity contribution >= 4 is 5.69 Å². The van der Waals surface area contributed by atoms with Crippen molar-refractivity contribution < 1.29 is 9.47 Å². The molecule has 0 amide bonds. The average molecular weight is 294 g/mol. The monoisotopic (exact) mass is 294 g/mol. The largest absolute Gasteiger partial charge is 0.381 e. The number of anilines is 1. The Balaban J connectivity index is 1.67. The van der Waals surface area contributed by atoms with Crippen LogP contribution in [0.3, 0.4) is 0 Å². The number of hydrogen-bond donors (Lipinski definition) is 1. The molecule has 0 aliphatic carbocycles. The van der Waals surface area contributed by atoms with Crippen molar-refractivity contribution in [3.05, 3.63) is 22.6 Å². The van der Waals surface area contributed by atoms with E-state index in [1.54, 1.807) is 12.3 Å². The molecule has 2 N–H and O–H groups in total. The van der Waals surface area contributed by atoms with Crippen LogP contribution in [-0.2, 0) is 16.0 Å². The van der Waals surface area contributed by atoms with E-state index in [4.69, 9.17) is 15.2 Å². The average Bonchev–Trinajstić information content (AvgIpc) is 3.04. The number of rotatable bonds is 4. The molecule has 2 aliphatic heterocycles. The third-order valence-corrected chi connectivity index (χ3v) is 4.19. The fourth-order valence-electron chi connectivity index (χ4n) is 2.79. The minimum atomic E-state index is -0.103. The molecule has 0 spiro atoms. The van der Waals surface area contributed by atoms with Crippen LogP contribution in [-0.4, -0.2) is 55.3 Å². The van der Waals surface area contributed by atoms with Gasteiger partial charge in [-0.1, -0.05) is 0 Å². The van der Waals surface area contributed by atoms with E-state index >= 15 is 0 Å². The Hall–Kier alpha value is -1.44. The van der Waals surface area contributed by atoms with Gasteiger partial charge in [-0.05, 0) is 6.42 Å². The summed E-state index contributed by atoms with van der Waals surface area (Å²) in [6, 6.07) is 1.54. The summed E-state index contributed by atoms with van der Waals surface area (Å²) in [5.41, 5.74) is 6.91. The number of nitrogens with zero attached hydrogens (tertiary/aromatic N) is 3. The predicted octanol–water partition coefficient (Wildman–Crippen LogP) is -0.556. The molecular formula is C14H22N4O3. The van der Waals surface area contributed by atoms with E-state index in [9.17, 15) is 4.79 Å². The Kier molecular flexibility index (Phi) is 4.52. The van der Waals surface area contributed by atoms with Crippen LogP contribution in [0.15, 0.2) is 17.1 Å². The minimum absolute atomic E-state index is 0.0908. The normalized spacial score (nSPS) is 24.2. The molecule has 0 aromatic carbocycles. The van der Waals surface area contributed by atoms with Crippen LogP contribution in [0.25, 0.3) is 0 Å². The molecule has 2 atom stereocenters. The Morgan fingerprint density at radius 1 is 1.33 bits per heavy atom. The van der Waals surface area contributed by atoms with Gasteiger partial charge in [0.2, 0.25) is 0 Å². The van der Waals surface area contributed by atoms with Crippen LogP contribution in [0.1, 0.15) is 6.42 Å². The zero-order valence-electron chi connectivity index (χ0n) is 12.1. The molecule has 0 radical (unpaired) electrons. The van der Waals surface area contributed by atoms with Crippen LogP contribution in [0.2, 0.25) is 0 Å². The Morgan fingerprint density at radius 3 is 2.81 bits per heavy atom. The molecule has 3 rings (SSSR count). The summed E-state index contributed by atoms with van der Waals surface area (Å²) < 4.78 is 12.1. The van der Waals surface area contributed by atoms with Crippen molar-refractivity contribution in [2.24, 2.45) is 11.7 Å². The zero-order chi connectivity index (χ0) is 14.7. The summed E-state index contributed by atoms with van der Waals surface area (Å²) in [7, 11) is 0. The van der Waals surface area contributed by atoms with Gasteiger partial charge in [0.1, 0.15) is 0 Å². The Morgan fingerprint density at radius 2 is 2.14 bits per heavy atom. The highest BCUT2D eigenvalue weighted by Crippen LogP contribution is 2.16. The molecular weight excluding hydrogens is 272 g/mol. The topological polar surface area (TPSA) is 82.6 Å². The predicted molar refractivity (Wildman–Crippen MR) is 78.4 cm³/mol.